The molecule has 0 heterocycles. The van der Waals surface area contributed by atoms with Gasteiger partial charge in [0.05, 0.1) is 12.4 Å². The zero-order chi connectivity index (χ0) is 31.6. The fourth-order valence-corrected chi connectivity index (χ4v) is 4.81. The van der Waals surface area contributed by atoms with Gasteiger partial charge in [0.15, 0.2) is 0 Å². The summed E-state index contributed by atoms with van der Waals surface area (Å²) < 4.78 is 5.27. The van der Waals surface area contributed by atoms with Gasteiger partial charge in [0.25, 0.3) is 11.8 Å². The highest BCUT2D eigenvalue weighted by molar-refractivity contribution is 8.00. The van der Waals surface area contributed by atoms with Gasteiger partial charge >= 0.3 is 5.97 Å². The Morgan fingerprint density at radius 3 is 2.23 bits per heavy atom. The molecular formula is C33H29N3O7S. The second kappa shape index (κ2) is 14.6. The van der Waals surface area contributed by atoms with Crippen LogP contribution < -0.4 is 20.7 Å². The highest BCUT2D eigenvalue weighted by Gasteiger charge is 2.18. The van der Waals surface area contributed by atoms with E-state index in [1.807, 2.05) is 0 Å². The van der Waals surface area contributed by atoms with E-state index in [1.54, 1.807) is 91.9 Å². The maximum Gasteiger partial charge on any atom is 0.339 e. The molecule has 0 saturated heterocycles. The molecule has 4 rings (SSSR count). The number of hydrogen-bond donors (Lipinski definition) is 5. The lowest BCUT2D eigenvalue weighted by Gasteiger charge is -2.14. The molecule has 0 fully saturated rings. The SMILES string of the molecule is COc1cccc(/C=C(\NC(=O)c2ccccc2)C(=O)Nc2ccc(SC(C)C(=O)Nc3ccc(O)c(C(=O)O)c3)cc2)c1. The highest BCUT2D eigenvalue weighted by Crippen LogP contribution is 2.27. The van der Waals surface area contributed by atoms with Crippen molar-refractivity contribution < 1.29 is 34.1 Å². The molecule has 0 spiro atoms. The van der Waals surface area contributed by atoms with Crippen molar-refractivity contribution in [3.05, 3.63) is 119 Å². The van der Waals surface area contributed by atoms with Crippen LogP contribution in [0.15, 0.2) is 108 Å². The Kier molecular flexibility index (Phi) is 10.4. The Labute approximate surface area is 257 Å². The van der Waals surface area contributed by atoms with Crippen LogP contribution in [0.5, 0.6) is 11.5 Å². The second-order valence-electron chi connectivity index (χ2n) is 9.42. The van der Waals surface area contributed by atoms with Crippen molar-refractivity contribution in [1.29, 1.82) is 0 Å². The van der Waals surface area contributed by atoms with Crippen molar-refractivity contribution in [1.82, 2.24) is 5.32 Å². The van der Waals surface area contributed by atoms with E-state index in [4.69, 9.17) is 4.74 Å². The van der Waals surface area contributed by atoms with Crippen LogP contribution in [-0.2, 0) is 9.59 Å². The molecule has 0 aromatic heterocycles. The molecular weight excluding hydrogens is 582 g/mol. The van der Waals surface area contributed by atoms with Crippen molar-refractivity contribution in [2.24, 2.45) is 0 Å². The Hall–Kier alpha value is -5.55. The summed E-state index contributed by atoms with van der Waals surface area (Å²) in [6.45, 7) is 1.69. The first kappa shape index (κ1) is 31.4. The summed E-state index contributed by atoms with van der Waals surface area (Å²) in [7, 11) is 1.54. The number of rotatable bonds is 11. The zero-order valence-corrected chi connectivity index (χ0v) is 24.6. The monoisotopic (exact) mass is 611 g/mol. The number of aromatic hydroxyl groups is 1. The molecule has 0 aliphatic carbocycles. The lowest BCUT2D eigenvalue weighted by Crippen LogP contribution is -2.30. The Morgan fingerprint density at radius 1 is 0.841 bits per heavy atom. The highest BCUT2D eigenvalue weighted by atomic mass is 32.2. The predicted octanol–water partition coefficient (Wildman–Crippen LogP) is 5.63. The lowest BCUT2D eigenvalue weighted by molar-refractivity contribution is -0.115. The van der Waals surface area contributed by atoms with Gasteiger partial charge in [-0.15, -0.1) is 11.8 Å². The van der Waals surface area contributed by atoms with E-state index < -0.39 is 28.8 Å². The Balaban J connectivity index is 1.43. The summed E-state index contributed by atoms with van der Waals surface area (Å²) in [6.07, 6.45) is 1.55. The minimum Gasteiger partial charge on any atom is -0.507 e. The number of ether oxygens (including phenoxy) is 1. The maximum atomic E-state index is 13.3. The van der Waals surface area contributed by atoms with Gasteiger partial charge in [-0.25, -0.2) is 4.79 Å². The van der Waals surface area contributed by atoms with E-state index in [-0.39, 0.29) is 22.9 Å². The quantitative estimate of drug-likeness (QED) is 0.0831. The average Bonchev–Trinajstić information content (AvgIpc) is 3.02. The molecule has 0 aliphatic rings. The molecule has 0 aliphatic heterocycles. The van der Waals surface area contributed by atoms with Crippen LogP contribution in [0.1, 0.15) is 33.2 Å². The summed E-state index contributed by atoms with van der Waals surface area (Å²) in [4.78, 5) is 50.9. The molecule has 4 aromatic rings. The number of nitrogens with one attached hydrogen (secondary N) is 3. The Bertz CT molecular complexity index is 1710. The van der Waals surface area contributed by atoms with Crippen molar-refractivity contribution in [2.45, 2.75) is 17.1 Å². The van der Waals surface area contributed by atoms with Crippen LogP contribution >= 0.6 is 11.8 Å². The largest absolute Gasteiger partial charge is 0.507 e. The van der Waals surface area contributed by atoms with E-state index in [0.717, 1.165) is 4.90 Å². The molecule has 224 valence electrons. The standard InChI is InChI=1S/C33H29N3O7S/c1-20(30(38)35-24-13-16-29(37)27(19-24)33(41)42)44-26-14-11-23(12-15-26)34-32(40)28(18-21-7-6-10-25(17-21)43-2)36-31(39)22-8-4-3-5-9-22/h3-20,37H,1-2H3,(H,34,40)(H,35,38)(H,36,39)(H,41,42)/b28-18-. The van der Waals surface area contributed by atoms with E-state index in [1.165, 1.54) is 37.1 Å². The van der Waals surface area contributed by atoms with Gasteiger partial charge in [0.2, 0.25) is 5.91 Å². The number of phenols is 1. The molecule has 1 unspecified atom stereocenters. The van der Waals surface area contributed by atoms with E-state index in [2.05, 4.69) is 16.0 Å². The molecule has 0 bridgehead atoms. The summed E-state index contributed by atoms with van der Waals surface area (Å²) in [5, 5.41) is 26.4. The van der Waals surface area contributed by atoms with Gasteiger partial charge in [0.1, 0.15) is 22.8 Å². The average molecular weight is 612 g/mol. The molecule has 11 heteroatoms. The molecule has 3 amide bonds. The topological polar surface area (TPSA) is 154 Å². The fraction of sp³-hybridized carbons (Fsp3) is 0.0909. The zero-order valence-electron chi connectivity index (χ0n) is 23.7. The predicted molar refractivity (Wildman–Crippen MR) is 169 cm³/mol. The van der Waals surface area contributed by atoms with Gasteiger partial charge in [-0.05, 0) is 85.3 Å². The molecule has 4 aromatic carbocycles. The number of carbonyl (C=O) groups excluding carboxylic acids is 3. The van der Waals surface area contributed by atoms with Crippen LogP contribution in [-0.4, -0.2) is 46.3 Å². The van der Waals surface area contributed by atoms with E-state index in [9.17, 15) is 29.4 Å². The summed E-state index contributed by atoms with van der Waals surface area (Å²) in [5.41, 5.74) is 1.45. The van der Waals surface area contributed by atoms with Crippen LogP contribution in [0.2, 0.25) is 0 Å². The van der Waals surface area contributed by atoms with Crippen LogP contribution in [0, 0.1) is 0 Å². The minimum atomic E-state index is -1.31. The molecule has 0 radical (unpaired) electrons. The summed E-state index contributed by atoms with van der Waals surface area (Å²) in [6, 6.07) is 26.2. The maximum absolute atomic E-state index is 13.3. The van der Waals surface area contributed by atoms with Crippen LogP contribution in [0.25, 0.3) is 6.08 Å². The van der Waals surface area contributed by atoms with Crippen molar-refractivity contribution in [3.63, 3.8) is 0 Å². The molecule has 0 saturated carbocycles. The minimum absolute atomic E-state index is 0.0242. The third kappa shape index (κ3) is 8.49. The lowest BCUT2D eigenvalue weighted by atomic mass is 10.1. The van der Waals surface area contributed by atoms with Crippen LogP contribution in [0.3, 0.4) is 0 Å². The summed E-state index contributed by atoms with van der Waals surface area (Å²) >= 11 is 1.26. The summed E-state index contributed by atoms with van der Waals surface area (Å²) in [5.74, 6) is -2.46. The molecule has 10 nitrogen and oxygen atoms in total. The second-order valence-corrected chi connectivity index (χ2v) is 10.8. The van der Waals surface area contributed by atoms with Crippen LogP contribution in [0.4, 0.5) is 11.4 Å². The van der Waals surface area contributed by atoms with Gasteiger partial charge in [-0.3, -0.25) is 14.4 Å². The van der Waals surface area contributed by atoms with Crippen molar-refractivity contribution in [3.8, 4) is 11.5 Å². The van der Waals surface area contributed by atoms with E-state index in [0.29, 0.717) is 22.6 Å². The van der Waals surface area contributed by atoms with Gasteiger partial charge < -0.3 is 30.9 Å². The Morgan fingerprint density at radius 2 is 1.55 bits per heavy atom. The van der Waals surface area contributed by atoms with Gasteiger partial charge in [0, 0.05) is 21.8 Å². The van der Waals surface area contributed by atoms with Crippen molar-refractivity contribution in [2.75, 3.05) is 17.7 Å². The molecule has 5 N–H and O–H groups in total. The number of aromatic carboxylic acids is 1. The number of benzene rings is 4. The number of methoxy groups -OCH3 is 1. The number of hydrogen-bond acceptors (Lipinski definition) is 7. The van der Waals surface area contributed by atoms with Gasteiger partial charge in [-0.1, -0.05) is 30.3 Å². The third-order valence-electron chi connectivity index (χ3n) is 6.22. The number of amides is 3. The first-order valence-electron chi connectivity index (χ1n) is 13.3. The first-order chi connectivity index (χ1) is 21.1. The fourth-order valence-electron chi connectivity index (χ4n) is 3.94. The van der Waals surface area contributed by atoms with Gasteiger partial charge in [-0.2, -0.15) is 0 Å². The smallest absolute Gasteiger partial charge is 0.339 e. The van der Waals surface area contributed by atoms with Crippen molar-refractivity contribution >= 4 is 52.9 Å². The number of carbonyl (C=O) groups is 4. The normalized spacial score (nSPS) is 11.6. The molecule has 44 heavy (non-hydrogen) atoms. The first-order valence-corrected chi connectivity index (χ1v) is 14.2. The third-order valence-corrected chi connectivity index (χ3v) is 7.33. The molecule has 1 atom stereocenters. The number of thioether (sulfide) groups is 1. The number of anilines is 2. The number of carboxylic acid groups (broad SMARTS) is 1. The number of carboxylic acids is 1. The van der Waals surface area contributed by atoms with E-state index >= 15 is 0 Å².